The van der Waals surface area contributed by atoms with Gasteiger partial charge in [0, 0.05) is 23.5 Å². The van der Waals surface area contributed by atoms with Crippen molar-refractivity contribution in [3.05, 3.63) is 45.8 Å². The van der Waals surface area contributed by atoms with E-state index < -0.39 is 21.8 Å². The average molecular weight is 476 g/mol. The lowest BCUT2D eigenvalue weighted by molar-refractivity contribution is 0.1000. The van der Waals surface area contributed by atoms with Gasteiger partial charge >= 0.3 is 0 Å². The van der Waals surface area contributed by atoms with Gasteiger partial charge in [-0.3, -0.25) is 9.59 Å². The third-order valence-corrected chi connectivity index (χ3v) is 9.39. The maximum atomic E-state index is 12.9. The fourth-order valence-electron chi connectivity index (χ4n) is 4.48. The average Bonchev–Trinajstić information content (AvgIpc) is 2.91. The molecule has 4 rings (SSSR count). The molecule has 1 atom stereocenters. The highest BCUT2D eigenvalue weighted by Crippen LogP contribution is 2.39. The van der Waals surface area contributed by atoms with Gasteiger partial charge in [-0.25, -0.2) is 8.42 Å². The summed E-state index contributed by atoms with van der Waals surface area (Å²) >= 11 is 1.41. The van der Waals surface area contributed by atoms with Crippen LogP contribution in [0.3, 0.4) is 0 Å². The molecule has 2 aromatic rings. The highest BCUT2D eigenvalue weighted by molar-refractivity contribution is 7.89. The summed E-state index contributed by atoms with van der Waals surface area (Å²) in [5.74, 6) is -0.395. The molecule has 1 aliphatic carbocycles. The van der Waals surface area contributed by atoms with Gasteiger partial charge in [-0.1, -0.05) is 19.8 Å². The Morgan fingerprint density at radius 3 is 2.38 bits per heavy atom. The first-order chi connectivity index (χ1) is 15.3. The zero-order valence-corrected chi connectivity index (χ0v) is 19.9. The molecule has 7 nitrogen and oxygen atoms in total. The van der Waals surface area contributed by atoms with E-state index in [0.717, 1.165) is 55.4 Å². The summed E-state index contributed by atoms with van der Waals surface area (Å²) in [6.07, 6.45) is 6.47. The number of fused-ring (bicyclic) bond motifs is 1. The van der Waals surface area contributed by atoms with Crippen molar-refractivity contribution < 1.29 is 18.0 Å². The van der Waals surface area contributed by atoms with Gasteiger partial charge < -0.3 is 11.1 Å². The second-order valence-corrected chi connectivity index (χ2v) is 11.8. The third-order valence-electron chi connectivity index (χ3n) is 6.30. The fraction of sp³-hybridized carbons (Fsp3) is 0.478. The quantitative estimate of drug-likeness (QED) is 0.685. The van der Waals surface area contributed by atoms with Crippen LogP contribution < -0.4 is 11.1 Å². The number of hydrogen-bond donors (Lipinski definition) is 2. The topological polar surface area (TPSA) is 110 Å². The summed E-state index contributed by atoms with van der Waals surface area (Å²) in [5.41, 5.74) is 7.32. The second kappa shape index (κ2) is 9.33. The minimum atomic E-state index is -3.57. The fourth-order valence-corrected chi connectivity index (χ4v) is 7.41. The number of nitrogens with zero attached hydrogens (tertiary/aromatic N) is 1. The predicted octanol–water partition coefficient (Wildman–Crippen LogP) is 3.79. The molecule has 1 aromatic carbocycles. The van der Waals surface area contributed by atoms with Crippen LogP contribution in [-0.4, -0.2) is 37.6 Å². The van der Waals surface area contributed by atoms with Crippen LogP contribution in [0.1, 0.15) is 70.2 Å². The van der Waals surface area contributed by atoms with E-state index in [0.29, 0.717) is 35.1 Å². The zero-order chi connectivity index (χ0) is 22.9. The Morgan fingerprint density at radius 2 is 1.75 bits per heavy atom. The molecule has 0 bridgehead atoms. The number of anilines is 1. The van der Waals surface area contributed by atoms with Crippen molar-refractivity contribution in [3.63, 3.8) is 0 Å². The molecule has 0 radical (unpaired) electrons. The maximum absolute atomic E-state index is 12.9. The molecular formula is C23H29N3O4S2. The molecule has 1 aromatic heterocycles. The van der Waals surface area contributed by atoms with E-state index in [1.54, 1.807) is 0 Å². The highest BCUT2D eigenvalue weighted by Gasteiger charge is 2.28. The Bertz CT molecular complexity index is 1110. The number of nitrogens with two attached hydrogens (primary N) is 1. The molecule has 2 amide bonds. The largest absolute Gasteiger partial charge is 0.365 e. The van der Waals surface area contributed by atoms with E-state index in [1.165, 1.54) is 39.9 Å². The molecule has 1 fully saturated rings. The molecule has 9 heteroatoms. The van der Waals surface area contributed by atoms with Crippen molar-refractivity contribution in [2.75, 3.05) is 18.4 Å². The monoisotopic (exact) mass is 475 g/mol. The second-order valence-electron chi connectivity index (χ2n) is 8.72. The first-order valence-corrected chi connectivity index (χ1v) is 13.4. The number of sulfonamides is 1. The van der Waals surface area contributed by atoms with Crippen LogP contribution in [0.2, 0.25) is 0 Å². The number of thiophene rings is 1. The van der Waals surface area contributed by atoms with Crippen LogP contribution in [-0.2, 0) is 22.9 Å². The number of nitrogens with one attached hydrogen (secondary N) is 1. The normalized spacial score (nSPS) is 19.7. The van der Waals surface area contributed by atoms with Gasteiger partial charge in [0.15, 0.2) is 0 Å². The van der Waals surface area contributed by atoms with Gasteiger partial charge in [0.05, 0.1) is 10.5 Å². The summed E-state index contributed by atoms with van der Waals surface area (Å²) in [7, 11) is -3.57. The van der Waals surface area contributed by atoms with Crippen LogP contribution >= 0.6 is 11.3 Å². The molecule has 2 heterocycles. The van der Waals surface area contributed by atoms with Gasteiger partial charge in [0.2, 0.25) is 10.0 Å². The standard InChI is InChI=1S/C23H29N3O4S2/c1-15-6-11-18-19(14-15)31-23(20(18)21(24)27)25-22(28)16-7-9-17(10-8-16)32(29,30)26-12-4-2-3-5-13-26/h7-10,15H,2-6,11-14H2,1H3,(H2,24,27)(H,25,28). The maximum Gasteiger partial charge on any atom is 0.256 e. The van der Waals surface area contributed by atoms with Gasteiger partial charge in [-0.15, -0.1) is 11.3 Å². The zero-order valence-electron chi connectivity index (χ0n) is 18.2. The molecule has 172 valence electrons. The number of amides is 2. The Balaban J connectivity index is 1.53. The van der Waals surface area contributed by atoms with Gasteiger partial charge in [0.1, 0.15) is 5.00 Å². The molecule has 3 N–H and O–H groups in total. The van der Waals surface area contributed by atoms with Gasteiger partial charge in [0.25, 0.3) is 11.8 Å². The Hall–Kier alpha value is -2.23. The molecule has 1 aliphatic heterocycles. The Kier molecular flexibility index (Phi) is 6.69. The number of carbonyl (C=O) groups is 2. The van der Waals surface area contributed by atoms with E-state index in [1.807, 2.05) is 0 Å². The number of hydrogen-bond acceptors (Lipinski definition) is 5. The van der Waals surface area contributed by atoms with Crippen LogP contribution in [0.25, 0.3) is 0 Å². The lowest BCUT2D eigenvalue weighted by atomic mass is 9.88. The lowest BCUT2D eigenvalue weighted by Crippen LogP contribution is -2.31. The molecule has 0 spiro atoms. The van der Waals surface area contributed by atoms with Crippen molar-refractivity contribution >= 4 is 38.2 Å². The summed E-state index contributed by atoms with van der Waals surface area (Å²) in [4.78, 5) is 26.2. The van der Waals surface area contributed by atoms with Crippen LogP contribution in [0.15, 0.2) is 29.2 Å². The number of benzene rings is 1. The van der Waals surface area contributed by atoms with Crippen molar-refractivity contribution in [1.29, 1.82) is 0 Å². The molecule has 2 aliphatic rings. The summed E-state index contributed by atoms with van der Waals surface area (Å²) in [5, 5.41) is 3.30. The molecule has 1 unspecified atom stereocenters. The molecule has 1 saturated heterocycles. The molecular weight excluding hydrogens is 446 g/mol. The Morgan fingerprint density at radius 1 is 1.09 bits per heavy atom. The van der Waals surface area contributed by atoms with Crippen molar-refractivity contribution in [2.45, 2.75) is 56.8 Å². The summed E-state index contributed by atoms with van der Waals surface area (Å²) < 4.78 is 27.4. The first kappa shape index (κ1) is 22.9. The minimum Gasteiger partial charge on any atom is -0.365 e. The van der Waals surface area contributed by atoms with E-state index in [9.17, 15) is 18.0 Å². The Labute approximate surface area is 193 Å². The van der Waals surface area contributed by atoms with Crippen LogP contribution in [0.4, 0.5) is 5.00 Å². The van der Waals surface area contributed by atoms with E-state index in [-0.39, 0.29) is 4.90 Å². The first-order valence-electron chi connectivity index (χ1n) is 11.1. The molecule has 32 heavy (non-hydrogen) atoms. The highest BCUT2D eigenvalue weighted by atomic mass is 32.2. The number of primary amides is 1. The summed E-state index contributed by atoms with van der Waals surface area (Å²) in [6.45, 7) is 3.23. The van der Waals surface area contributed by atoms with E-state index in [4.69, 9.17) is 5.73 Å². The van der Waals surface area contributed by atoms with Crippen molar-refractivity contribution in [3.8, 4) is 0 Å². The SMILES string of the molecule is CC1CCc2c(sc(NC(=O)c3ccc(S(=O)(=O)N4CCCCCC4)cc3)c2C(N)=O)C1. The number of carbonyl (C=O) groups excluding carboxylic acids is 2. The van der Waals surface area contributed by atoms with Crippen molar-refractivity contribution in [2.24, 2.45) is 11.7 Å². The smallest absolute Gasteiger partial charge is 0.256 e. The van der Waals surface area contributed by atoms with Gasteiger partial charge in [-0.05, 0) is 67.9 Å². The van der Waals surface area contributed by atoms with Crippen molar-refractivity contribution in [1.82, 2.24) is 4.31 Å². The van der Waals surface area contributed by atoms with Gasteiger partial charge in [-0.2, -0.15) is 4.31 Å². The predicted molar refractivity (Wildman–Crippen MR) is 126 cm³/mol. The van der Waals surface area contributed by atoms with Crippen LogP contribution in [0, 0.1) is 5.92 Å². The van der Waals surface area contributed by atoms with E-state index in [2.05, 4.69) is 12.2 Å². The minimum absolute atomic E-state index is 0.189. The summed E-state index contributed by atoms with van der Waals surface area (Å²) in [6, 6.07) is 5.98. The third kappa shape index (κ3) is 4.60. The lowest BCUT2D eigenvalue weighted by Gasteiger charge is -2.20. The number of rotatable bonds is 5. The van der Waals surface area contributed by atoms with Crippen LogP contribution in [0.5, 0.6) is 0 Å². The molecule has 0 saturated carbocycles. The van der Waals surface area contributed by atoms with E-state index >= 15 is 0 Å².